The topological polar surface area (TPSA) is 66.5 Å². The van der Waals surface area contributed by atoms with Gasteiger partial charge in [-0.3, -0.25) is 4.90 Å². The minimum Gasteiger partial charge on any atom is -0.379 e. The van der Waals surface area contributed by atoms with Crippen molar-refractivity contribution in [1.29, 1.82) is 0 Å². The van der Waals surface area contributed by atoms with Crippen LogP contribution >= 0.6 is 11.3 Å². The van der Waals surface area contributed by atoms with Crippen LogP contribution in [0.5, 0.6) is 0 Å². The first-order valence-electron chi connectivity index (χ1n) is 8.29. The Morgan fingerprint density at radius 3 is 2.74 bits per heavy atom. The minimum atomic E-state index is -0.127. The van der Waals surface area contributed by atoms with E-state index >= 15 is 0 Å². The number of carbonyl (C=O) groups is 1. The van der Waals surface area contributed by atoms with Crippen molar-refractivity contribution in [1.82, 2.24) is 20.5 Å². The summed E-state index contributed by atoms with van der Waals surface area (Å²) in [6.07, 6.45) is 1.07. The Balaban J connectivity index is 1.76. The monoisotopic (exact) mass is 340 g/mol. The summed E-state index contributed by atoms with van der Waals surface area (Å²) >= 11 is 1.60. The van der Waals surface area contributed by atoms with Gasteiger partial charge in [-0.15, -0.1) is 11.3 Å². The van der Waals surface area contributed by atoms with Crippen molar-refractivity contribution < 1.29 is 9.53 Å². The Morgan fingerprint density at radius 2 is 2.13 bits per heavy atom. The lowest BCUT2D eigenvalue weighted by Gasteiger charge is -2.35. The summed E-state index contributed by atoms with van der Waals surface area (Å²) in [7, 11) is 0. The molecule has 0 spiro atoms. The fourth-order valence-corrected chi connectivity index (χ4v) is 3.39. The summed E-state index contributed by atoms with van der Waals surface area (Å²) in [6, 6.07) is 0.240. The zero-order valence-corrected chi connectivity index (χ0v) is 15.1. The van der Waals surface area contributed by atoms with Crippen molar-refractivity contribution in [3.05, 3.63) is 16.1 Å². The van der Waals surface area contributed by atoms with E-state index in [1.807, 2.05) is 12.3 Å². The molecular formula is C16H28N4O2S. The molecule has 0 saturated carbocycles. The van der Waals surface area contributed by atoms with Gasteiger partial charge < -0.3 is 15.4 Å². The standard InChI is InChI=1S/C16H28N4O2S/c1-12(2)8-15(20-4-6-22-7-5-20)10-18-16(21)17-9-14-11-23-13(3)19-14/h11-12,15H,4-10H2,1-3H3,(H2,17,18,21)/t15-/m1/s1. The van der Waals surface area contributed by atoms with E-state index in [9.17, 15) is 4.79 Å². The molecule has 0 bridgehead atoms. The Hall–Kier alpha value is -1.18. The first-order chi connectivity index (χ1) is 11.0. The molecular weight excluding hydrogens is 312 g/mol. The fourth-order valence-electron chi connectivity index (χ4n) is 2.78. The van der Waals surface area contributed by atoms with Crippen LogP contribution in [0.4, 0.5) is 4.79 Å². The summed E-state index contributed by atoms with van der Waals surface area (Å²) in [5.74, 6) is 0.602. The number of thiazole rings is 1. The van der Waals surface area contributed by atoms with Crippen LogP contribution in [0, 0.1) is 12.8 Å². The first kappa shape index (κ1) is 18.2. The van der Waals surface area contributed by atoms with Gasteiger partial charge in [0.15, 0.2) is 0 Å². The molecule has 7 heteroatoms. The number of amides is 2. The van der Waals surface area contributed by atoms with Gasteiger partial charge in [0.1, 0.15) is 0 Å². The maximum atomic E-state index is 12.0. The zero-order chi connectivity index (χ0) is 16.7. The molecule has 0 unspecified atom stereocenters. The van der Waals surface area contributed by atoms with Crippen LogP contribution in [-0.2, 0) is 11.3 Å². The van der Waals surface area contributed by atoms with Crippen molar-refractivity contribution in [2.24, 2.45) is 5.92 Å². The minimum absolute atomic E-state index is 0.127. The number of hydrogen-bond donors (Lipinski definition) is 2. The van der Waals surface area contributed by atoms with Gasteiger partial charge in [-0.25, -0.2) is 9.78 Å². The largest absolute Gasteiger partial charge is 0.379 e. The highest BCUT2D eigenvalue weighted by Crippen LogP contribution is 2.13. The third-order valence-electron chi connectivity index (χ3n) is 3.90. The van der Waals surface area contributed by atoms with E-state index in [1.54, 1.807) is 11.3 Å². The molecule has 6 nitrogen and oxygen atoms in total. The Morgan fingerprint density at radius 1 is 1.39 bits per heavy atom. The first-order valence-corrected chi connectivity index (χ1v) is 9.17. The maximum Gasteiger partial charge on any atom is 0.315 e. The van der Waals surface area contributed by atoms with Gasteiger partial charge in [-0.05, 0) is 19.3 Å². The average molecular weight is 340 g/mol. The van der Waals surface area contributed by atoms with Gasteiger partial charge in [0.2, 0.25) is 0 Å². The number of nitrogens with one attached hydrogen (secondary N) is 2. The second kappa shape index (κ2) is 9.20. The summed E-state index contributed by atoms with van der Waals surface area (Å²) in [5, 5.41) is 8.88. The van der Waals surface area contributed by atoms with Crippen LogP contribution in [0.15, 0.2) is 5.38 Å². The average Bonchev–Trinajstić information content (AvgIpc) is 2.95. The third-order valence-corrected chi connectivity index (χ3v) is 4.72. The summed E-state index contributed by atoms with van der Waals surface area (Å²) in [5.41, 5.74) is 0.912. The molecule has 2 heterocycles. The van der Waals surface area contributed by atoms with E-state index in [4.69, 9.17) is 4.74 Å². The smallest absolute Gasteiger partial charge is 0.315 e. The molecule has 1 aliphatic heterocycles. The molecule has 0 aromatic carbocycles. The van der Waals surface area contributed by atoms with E-state index in [0.717, 1.165) is 43.4 Å². The second-order valence-electron chi connectivity index (χ2n) is 6.35. The van der Waals surface area contributed by atoms with Gasteiger partial charge in [0.25, 0.3) is 0 Å². The van der Waals surface area contributed by atoms with Gasteiger partial charge in [-0.2, -0.15) is 0 Å². The number of rotatable bonds is 7. The van der Waals surface area contributed by atoms with Gasteiger partial charge in [-0.1, -0.05) is 13.8 Å². The SMILES string of the molecule is Cc1nc(CNC(=O)NC[C@@H](CC(C)C)N2CCOCC2)cs1. The number of morpholine rings is 1. The molecule has 2 rings (SSSR count). The molecule has 1 atom stereocenters. The number of aromatic nitrogens is 1. The van der Waals surface area contributed by atoms with Crippen LogP contribution in [0.3, 0.4) is 0 Å². The molecule has 0 aliphatic carbocycles. The van der Waals surface area contributed by atoms with Gasteiger partial charge >= 0.3 is 6.03 Å². The molecule has 1 aromatic heterocycles. The maximum absolute atomic E-state index is 12.0. The van der Waals surface area contributed by atoms with Crippen LogP contribution in [0.1, 0.15) is 31.0 Å². The van der Waals surface area contributed by atoms with Crippen molar-refractivity contribution >= 4 is 17.4 Å². The molecule has 2 amide bonds. The molecule has 130 valence electrons. The van der Waals surface area contributed by atoms with Crippen molar-refractivity contribution in [2.45, 2.75) is 39.8 Å². The zero-order valence-electron chi connectivity index (χ0n) is 14.3. The lowest BCUT2D eigenvalue weighted by atomic mass is 10.0. The highest BCUT2D eigenvalue weighted by Gasteiger charge is 2.22. The van der Waals surface area contributed by atoms with E-state index in [1.165, 1.54) is 0 Å². The number of carbonyl (C=O) groups excluding carboxylic acids is 1. The summed E-state index contributed by atoms with van der Waals surface area (Å²) in [4.78, 5) is 18.8. The molecule has 1 aliphatic rings. The van der Waals surface area contributed by atoms with Crippen LogP contribution < -0.4 is 10.6 Å². The second-order valence-corrected chi connectivity index (χ2v) is 7.42. The quantitative estimate of drug-likeness (QED) is 0.797. The van der Waals surface area contributed by atoms with E-state index in [0.29, 0.717) is 25.0 Å². The molecule has 2 N–H and O–H groups in total. The van der Waals surface area contributed by atoms with E-state index in [2.05, 4.69) is 34.4 Å². The van der Waals surface area contributed by atoms with Crippen molar-refractivity contribution in [3.63, 3.8) is 0 Å². The molecule has 0 radical (unpaired) electrons. The van der Waals surface area contributed by atoms with E-state index in [-0.39, 0.29) is 6.03 Å². The lowest BCUT2D eigenvalue weighted by molar-refractivity contribution is 0.0129. The van der Waals surface area contributed by atoms with Crippen molar-refractivity contribution in [2.75, 3.05) is 32.8 Å². The number of urea groups is 1. The Kier molecular flexibility index (Phi) is 7.26. The number of hydrogen-bond acceptors (Lipinski definition) is 5. The molecule has 23 heavy (non-hydrogen) atoms. The highest BCUT2D eigenvalue weighted by molar-refractivity contribution is 7.09. The number of aryl methyl sites for hydroxylation is 1. The van der Waals surface area contributed by atoms with Crippen LogP contribution in [0.2, 0.25) is 0 Å². The Labute approximate surface area is 142 Å². The predicted octanol–water partition coefficient (Wildman–Crippen LogP) is 2.00. The molecule has 1 fully saturated rings. The van der Waals surface area contributed by atoms with Crippen LogP contribution in [-0.4, -0.2) is 54.8 Å². The normalized spacial score (nSPS) is 17.2. The predicted molar refractivity (Wildman–Crippen MR) is 92.7 cm³/mol. The molecule has 1 saturated heterocycles. The fraction of sp³-hybridized carbons (Fsp3) is 0.750. The van der Waals surface area contributed by atoms with Crippen molar-refractivity contribution in [3.8, 4) is 0 Å². The summed E-state index contributed by atoms with van der Waals surface area (Å²) < 4.78 is 5.42. The third kappa shape index (κ3) is 6.45. The lowest BCUT2D eigenvalue weighted by Crippen LogP contribution is -2.50. The summed E-state index contributed by atoms with van der Waals surface area (Å²) in [6.45, 7) is 11.0. The van der Waals surface area contributed by atoms with Crippen LogP contribution in [0.25, 0.3) is 0 Å². The molecule has 1 aromatic rings. The van der Waals surface area contributed by atoms with Gasteiger partial charge in [0, 0.05) is 31.1 Å². The highest BCUT2D eigenvalue weighted by atomic mass is 32.1. The van der Waals surface area contributed by atoms with Gasteiger partial charge in [0.05, 0.1) is 30.5 Å². The Bertz CT molecular complexity index is 486. The number of ether oxygens (including phenoxy) is 1. The number of nitrogens with zero attached hydrogens (tertiary/aromatic N) is 2. The van der Waals surface area contributed by atoms with E-state index < -0.39 is 0 Å².